The van der Waals surface area contributed by atoms with Crippen LogP contribution in [-0.2, 0) is 25.7 Å². The molecular weight excluding hydrogens is 382 g/mol. The van der Waals surface area contributed by atoms with Crippen molar-refractivity contribution in [2.75, 3.05) is 13.1 Å². The number of hydrogen-bond donors (Lipinski definition) is 3. The maximum atomic E-state index is 11.9. The molecule has 2 amide bonds. The zero-order valence-electron chi connectivity index (χ0n) is 18.2. The Balaban J connectivity index is 2.13. The fourth-order valence-electron chi connectivity index (χ4n) is 3.07. The zero-order valence-corrected chi connectivity index (χ0v) is 18.2. The molecule has 1 rings (SSSR count). The summed E-state index contributed by atoms with van der Waals surface area (Å²) < 4.78 is 5.10. The summed E-state index contributed by atoms with van der Waals surface area (Å²) in [5.41, 5.74) is 6.31. The van der Waals surface area contributed by atoms with Gasteiger partial charge in [0, 0.05) is 0 Å². The summed E-state index contributed by atoms with van der Waals surface area (Å²) >= 11 is 0. The molecule has 7 heteroatoms. The first kappa shape index (κ1) is 25.6. The SMILES string of the molecule is CCCCCCCCCCC(NCC(=O)NCC(=O)OCc1ccccc1)C(N)=O. The fraction of sp³-hybridized carbons (Fsp3) is 0.609. The first-order valence-corrected chi connectivity index (χ1v) is 11.0. The van der Waals surface area contributed by atoms with Crippen molar-refractivity contribution in [3.8, 4) is 0 Å². The van der Waals surface area contributed by atoms with Crippen LogP contribution in [0.15, 0.2) is 30.3 Å². The molecule has 0 radical (unpaired) electrons. The lowest BCUT2D eigenvalue weighted by molar-refractivity contribution is -0.145. The number of esters is 1. The third kappa shape index (κ3) is 12.9. The van der Waals surface area contributed by atoms with Crippen LogP contribution in [-0.4, -0.2) is 36.9 Å². The molecule has 0 aromatic heterocycles. The summed E-state index contributed by atoms with van der Waals surface area (Å²) in [7, 11) is 0. The van der Waals surface area contributed by atoms with Gasteiger partial charge in [-0.3, -0.25) is 19.7 Å². The molecule has 0 spiro atoms. The average Bonchev–Trinajstić information content (AvgIpc) is 2.75. The zero-order chi connectivity index (χ0) is 22.0. The third-order valence-electron chi connectivity index (χ3n) is 4.87. The quantitative estimate of drug-likeness (QED) is 0.266. The molecule has 1 atom stereocenters. The maximum Gasteiger partial charge on any atom is 0.325 e. The van der Waals surface area contributed by atoms with Crippen molar-refractivity contribution >= 4 is 17.8 Å². The largest absolute Gasteiger partial charge is 0.460 e. The van der Waals surface area contributed by atoms with Crippen LogP contribution in [0.4, 0.5) is 0 Å². The number of ether oxygens (including phenoxy) is 1. The Bertz CT molecular complexity index is 622. The van der Waals surface area contributed by atoms with Gasteiger partial charge in [-0.25, -0.2) is 0 Å². The Morgan fingerprint density at radius 2 is 1.57 bits per heavy atom. The lowest BCUT2D eigenvalue weighted by Crippen LogP contribution is -2.46. The highest BCUT2D eigenvalue weighted by Crippen LogP contribution is 2.10. The Morgan fingerprint density at radius 1 is 0.933 bits per heavy atom. The minimum atomic E-state index is -0.541. The maximum absolute atomic E-state index is 11.9. The van der Waals surface area contributed by atoms with Gasteiger partial charge in [0.2, 0.25) is 11.8 Å². The van der Waals surface area contributed by atoms with E-state index in [2.05, 4.69) is 17.6 Å². The second kappa shape index (κ2) is 16.4. The van der Waals surface area contributed by atoms with E-state index in [1.807, 2.05) is 30.3 Å². The predicted molar refractivity (Wildman–Crippen MR) is 117 cm³/mol. The molecule has 0 saturated carbocycles. The molecule has 0 bridgehead atoms. The first-order valence-electron chi connectivity index (χ1n) is 11.0. The van der Waals surface area contributed by atoms with E-state index in [4.69, 9.17) is 10.5 Å². The number of primary amides is 1. The molecular formula is C23H37N3O4. The van der Waals surface area contributed by atoms with Crippen LogP contribution in [0.5, 0.6) is 0 Å². The van der Waals surface area contributed by atoms with Gasteiger partial charge in [0.25, 0.3) is 0 Å². The molecule has 0 fully saturated rings. The number of nitrogens with two attached hydrogens (primary N) is 1. The second-order valence-electron chi connectivity index (χ2n) is 7.52. The molecule has 1 aromatic rings. The highest BCUT2D eigenvalue weighted by Gasteiger charge is 2.16. The number of carbonyl (C=O) groups excluding carboxylic acids is 3. The standard InChI is InChI=1S/C23H37N3O4/c1-2-3-4-5-6-7-8-12-15-20(23(24)29)25-16-21(27)26-17-22(28)30-18-19-13-10-9-11-14-19/h9-11,13-14,20,25H,2-8,12,15-18H2,1H3,(H2,24,29)(H,26,27). The van der Waals surface area contributed by atoms with Gasteiger partial charge in [-0.15, -0.1) is 0 Å². The number of nitrogens with one attached hydrogen (secondary N) is 2. The van der Waals surface area contributed by atoms with E-state index in [1.165, 1.54) is 32.1 Å². The number of carbonyl (C=O) groups is 3. The monoisotopic (exact) mass is 419 g/mol. The van der Waals surface area contributed by atoms with Crippen LogP contribution in [0.3, 0.4) is 0 Å². The molecule has 0 aliphatic heterocycles. The summed E-state index contributed by atoms with van der Waals surface area (Å²) in [5, 5.41) is 5.37. The summed E-state index contributed by atoms with van der Waals surface area (Å²) in [5.74, 6) is -1.36. The van der Waals surface area contributed by atoms with E-state index in [0.29, 0.717) is 6.42 Å². The average molecular weight is 420 g/mol. The van der Waals surface area contributed by atoms with E-state index >= 15 is 0 Å². The minimum Gasteiger partial charge on any atom is -0.460 e. The van der Waals surface area contributed by atoms with Crippen LogP contribution in [0.1, 0.15) is 70.3 Å². The van der Waals surface area contributed by atoms with Crippen LogP contribution >= 0.6 is 0 Å². The van der Waals surface area contributed by atoms with Crippen molar-refractivity contribution in [1.29, 1.82) is 0 Å². The van der Waals surface area contributed by atoms with E-state index in [0.717, 1.165) is 24.8 Å². The van der Waals surface area contributed by atoms with Crippen molar-refractivity contribution in [3.05, 3.63) is 35.9 Å². The molecule has 7 nitrogen and oxygen atoms in total. The van der Waals surface area contributed by atoms with Crippen molar-refractivity contribution in [1.82, 2.24) is 10.6 Å². The number of amides is 2. The van der Waals surface area contributed by atoms with Crippen LogP contribution < -0.4 is 16.4 Å². The lowest BCUT2D eigenvalue weighted by Gasteiger charge is -2.15. The van der Waals surface area contributed by atoms with E-state index < -0.39 is 17.9 Å². The van der Waals surface area contributed by atoms with Gasteiger partial charge in [-0.1, -0.05) is 88.6 Å². The predicted octanol–water partition coefficient (Wildman–Crippen LogP) is 2.82. The van der Waals surface area contributed by atoms with Crippen molar-refractivity contribution in [3.63, 3.8) is 0 Å². The molecule has 30 heavy (non-hydrogen) atoms. The molecule has 168 valence electrons. The lowest BCUT2D eigenvalue weighted by atomic mass is 10.0. The second-order valence-corrected chi connectivity index (χ2v) is 7.52. The molecule has 0 aliphatic carbocycles. The molecule has 4 N–H and O–H groups in total. The molecule has 0 heterocycles. The number of hydrogen-bond acceptors (Lipinski definition) is 5. The Labute approximate surface area is 180 Å². The Morgan fingerprint density at radius 3 is 2.20 bits per heavy atom. The number of benzene rings is 1. The topological polar surface area (TPSA) is 111 Å². The van der Waals surface area contributed by atoms with Gasteiger partial charge in [0.1, 0.15) is 13.2 Å². The van der Waals surface area contributed by atoms with Crippen LogP contribution in [0.25, 0.3) is 0 Å². The highest BCUT2D eigenvalue weighted by molar-refractivity contribution is 5.84. The molecule has 0 saturated heterocycles. The fourth-order valence-corrected chi connectivity index (χ4v) is 3.07. The summed E-state index contributed by atoms with van der Waals surface area (Å²) in [4.78, 5) is 35.2. The van der Waals surface area contributed by atoms with Crippen molar-refractivity contribution < 1.29 is 19.1 Å². The third-order valence-corrected chi connectivity index (χ3v) is 4.87. The van der Waals surface area contributed by atoms with Crippen molar-refractivity contribution in [2.24, 2.45) is 5.73 Å². The van der Waals surface area contributed by atoms with Crippen LogP contribution in [0, 0.1) is 0 Å². The van der Waals surface area contributed by atoms with Gasteiger partial charge in [-0.2, -0.15) is 0 Å². The van der Waals surface area contributed by atoms with Gasteiger partial charge < -0.3 is 15.8 Å². The van der Waals surface area contributed by atoms with E-state index in [9.17, 15) is 14.4 Å². The number of unbranched alkanes of at least 4 members (excludes halogenated alkanes) is 7. The van der Waals surface area contributed by atoms with Crippen LogP contribution in [0.2, 0.25) is 0 Å². The minimum absolute atomic E-state index is 0.0728. The van der Waals surface area contributed by atoms with Crippen molar-refractivity contribution in [2.45, 2.75) is 77.4 Å². The molecule has 0 aliphatic rings. The summed E-state index contributed by atoms with van der Waals surface area (Å²) in [6, 6.07) is 8.77. The van der Waals surface area contributed by atoms with Gasteiger partial charge in [0.05, 0.1) is 12.6 Å². The van der Waals surface area contributed by atoms with Gasteiger partial charge >= 0.3 is 5.97 Å². The van der Waals surface area contributed by atoms with E-state index in [1.54, 1.807) is 0 Å². The number of rotatable bonds is 17. The van der Waals surface area contributed by atoms with E-state index in [-0.39, 0.29) is 25.6 Å². The first-order chi connectivity index (χ1) is 14.5. The Kier molecular flexibility index (Phi) is 14.0. The van der Waals surface area contributed by atoms with Gasteiger partial charge in [-0.05, 0) is 12.0 Å². The summed E-state index contributed by atoms with van der Waals surface area (Å²) in [6.07, 6.45) is 10.0. The molecule has 1 aromatic carbocycles. The smallest absolute Gasteiger partial charge is 0.325 e. The molecule has 1 unspecified atom stereocenters. The van der Waals surface area contributed by atoms with Gasteiger partial charge in [0.15, 0.2) is 0 Å². The highest BCUT2D eigenvalue weighted by atomic mass is 16.5. The normalized spacial score (nSPS) is 11.6. The summed E-state index contributed by atoms with van der Waals surface area (Å²) in [6.45, 7) is 2.08. The Hall–Kier alpha value is -2.41.